The summed E-state index contributed by atoms with van der Waals surface area (Å²) in [4.78, 5) is 15.5. The minimum Gasteiger partial charge on any atom is -0.257 e. The van der Waals surface area contributed by atoms with Crippen molar-refractivity contribution in [2.75, 3.05) is 0 Å². The molecule has 0 aliphatic rings. The van der Waals surface area contributed by atoms with Crippen molar-refractivity contribution in [3.8, 4) is 11.5 Å². The number of aromatic amines is 1. The van der Waals surface area contributed by atoms with Crippen molar-refractivity contribution in [3.05, 3.63) is 47.4 Å². The number of nitrogens with one attached hydrogen (secondary N) is 1. The van der Waals surface area contributed by atoms with E-state index in [9.17, 15) is 13.2 Å². The Hall–Kier alpha value is -3.08. The normalized spacial score (nSPS) is 12.0. The first kappa shape index (κ1) is 16.4. The van der Waals surface area contributed by atoms with E-state index in [1.807, 2.05) is 0 Å². The van der Waals surface area contributed by atoms with Crippen molar-refractivity contribution in [1.29, 1.82) is 0 Å². The van der Waals surface area contributed by atoms with Crippen molar-refractivity contribution in [1.82, 2.24) is 39.9 Å². The molecule has 4 rings (SSSR count). The van der Waals surface area contributed by atoms with E-state index in [0.717, 1.165) is 5.56 Å². The number of alkyl halides is 3. The molecule has 0 saturated heterocycles. The molecule has 0 saturated carbocycles. The van der Waals surface area contributed by atoms with Gasteiger partial charge in [0.15, 0.2) is 11.5 Å². The van der Waals surface area contributed by atoms with E-state index >= 15 is 0 Å². The van der Waals surface area contributed by atoms with Gasteiger partial charge in [-0.1, -0.05) is 11.6 Å². The number of fused-ring (bicyclic) bond motifs is 1. The van der Waals surface area contributed by atoms with Crippen LogP contribution < -0.4 is 0 Å². The number of aromatic nitrogens is 8. The Labute approximate surface area is 148 Å². The molecule has 4 aromatic heterocycles. The van der Waals surface area contributed by atoms with Gasteiger partial charge in [0, 0.05) is 18.0 Å². The molecule has 1 N–H and O–H groups in total. The van der Waals surface area contributed by atoms with Crippen LogP contribution in [-0.2, 0) is 12.7 Å². The molecule has 4 aromatic rings. The second-order valence-electron chi connectivity index (χ2n) is 5.26. The number of rotatable bonds is 3. The highest BCUT2D eigenvalue weighted by Crippen LogP contribution is 2.30. The van der Waals surface area contributed by atoms with Gasteiger partial charge in [-0.2, -0.15) is 18.3 Å². The molecule has 12 heteroatoms. The SMILES string of the molecule is FC(F)(F)c1n[nH]c(-c2nn(Cc3cncnc3)c3nc(Cl)ccc23)n1. The Morgan fingerprint density at radius 1 is 1.12 bits per heavy atom. The van der Waals surface area contributed by atoms with E-state index in [1.54, 1.807) is 18.5 Å². The molecule has 8 nitrogen and oxygen atoms in total. The van der Waals surface area contributed by atoms with Gasteiger partial charge >= 0.3 is 6.18 Å². The summed E-state index contributed by atoms with van der Waals surface area (Å²) in [5.74, 6) is -1.39. The maximum absolute atomic E-state index is 12.8. The molecule has 0 radical (unpaired) electrons. The number of pyridine rings is 1. The minimum atomic E-state index is -4.66. The number of hydrogen-bond acceptors (Lipinski definition) is 6. The standard InChI is InChI=1S/C14H8ClF3N8/c15-9-2-1-8-10(11-22-13(24-23-11)14(16,17)18)25-26(12(8)21-9)5-7-3-19-6-20-4-7/h1-4,6H,5H2,(H,22,23,24). The molecule has 0 aromatic carbocycles. The Morgan fingerprint density at radius 2 is 1.88 bits per heavy atom. The van der Waals surface area contributed by atoms with Gasteiger partial charge in [-0.3, -0.25) is 5.10 Å². The Balaban J connectivity index is 1.84. The molecule has 0 bridgehead atoms. The third-order valence-corrected chi connectivity index (χ3v) is 3.68. The Morgan fingerprint density at radius 3 is 2.58 bits per heavy atom. The van der Waals surface area contributed by atoms with Gasteiger partial charge in [-0.05, 0) is 12.1 Å². The van der Waals surface area contributed by atoms with Gasteiger partial charge in [0.1, 0.15) is 17.2 Å². The van der Waals surface area contributed by atoms with Gasteiger partial charge < -0.3 is 0 Å². The first-order valence-corrected chi connectivity index (χ1v) is 7.56. The van der Waals surface area contributed by atoms with Crippen molar-refractivity contribution in [2.45, 2.75) is 12.7 Å². The molecule has 4 heterocycles. The summed E-state index contributed by atoms with van der Waals surface area (Å²) in [5.41, 5.74) is 1.31. The summed E-state index contributed by atoms with van der Waals surface area (Å²) >= 11 is 5.95. The van der Waals surface area contributed by atoms with E-state index in [1.165, 1.54) is 17.1 Å². The van der Waals surface area contributed by atoms with Crippen LogP contribution in [0.4, 0.5) is 13.2 Å². The van der Waals surface area contributed by atoms with Crippen molar-refractivity contribution >= 4 is 22.6 Å². The quantitative estimate of drug-likeness (QED) is 0.549. The van der Waals surface area contributed by atoms with E-state index in [-0.39, 0.29) is 23.2 Å². The molecule has 0 aliphatic carbocycles. The zero-order chi connectivity index (χ0) is 18.3. The average Bonchev–Trinajstić information content (AvgIpc) is 3.21. The first-order chi connectivity index (χ1) is 12.4. The minimum absolute atomic E-state index is 0.116. The number of nitrogens with zero attached hydrogens (tertiary/aromatic N) is 7. The Kier molecular flexibility index (Phi) is 3.80. The lowest BCUT2D eigenvalue weighted by molar-refractivity contribution is -0.144. The summed E-state index contributed by atoms with van der Waals surface area (Å²) < 4.78 is 39.8. The Bertz CT molecular complexity index is 1070. The summed E-state index contributed by atoms with van der Waals surface area (Å²) in [6.07, 6.45) is -0.0731. The second-order valence-corrected chi connectivity index (χ2v) is 5.65. The van der Waals surface area contributed by atoms with Crippen molar-refractivity contribution in [3.63, 3.8) is 0 Å². The van der Waals surface area contributed by atoms with Crippen LogP contribution in [0, 0.1) is 0 Å². The summed E-state index contributed by atoms with van der Waals surface area (Å²) in [6, 6.07) is 3.13. The fourth-order valence-corrected chi connectivity index (χ4v) is 2.54. The molecule has 0 spiro atoms. The molecule has 0 fully saturated rings. The maximum atomic E-state index is 12.8. The summed E-state index contributed by atoms with van der Waals surface area (Å²) in [5, 5.41) is 10.5. The van der Waals surface area contributed by atoms with Crippen LogP contribution >= 0.6 is 11.6 Å². The lowest BCUT2D eigenvalue weighted by Crippen LogP contribution is -2.07. The molecule has 132 valence electrons. The zero-order valence-corrected chi connectivity index (χ0v) is 13.5. The monoisotopic (exact) mass is 380 g/mol. The van der Waals surface area contributed by atoms with Crippen LogP contribution in [0.5, 0.6) is 0 Å². The van der Waals surface area contributed by atoms with Gasteiger partial charge in [0.2, 0.25) is 0 Å². The largest absolute Gasteiger partial charge is 0.453 e. The average molecular weight is 381 g/mol. The molecule has 0 amide bonds. The fourth-order valence-electron chi connectivity index (χ4n) is 2.39. The second kappa shape index (κ2) is 6.02. The van der Waals surface area contributed by atoms with Crippen LogP contribution in [0.2, 0.25) is 5.15 Å². The molecule has 0 atom stereocenters. The van der Waals surface area contributed by atoms with Crippen molar-refractivity contribution < 1.29 is 13.2 Å². The predicted octanol–water partition coefficient (Wildman–Crippen LogP) is 2.73. The van der Waals surface area contributed by atoms with Gasteiger partial charge in [0.25, 0.3) is 5.82 Å². The third kappa shape index (κ3) is 2.96. The highest BCUT2D eigenvalue weighted by Gasteiger charge is 2.36. The van der Waals surface area contributed by atoms with E-state index < -0.39 is 12.0 Å². The molecular weight excluding hydrogens is 373 g/mol. The van der Waals surface area contributed by atoms with Crippen LogP contribution in [0.25, 0.3) is 22.6 Å². The molecule has 26 heavy (non-hydrogen) atoms. The van der Waals surface area contributed by atoms with Gasteiger partial charge in [0.05, 0.1) is 11.9 Å². The number of hydrogen-bond donors (Lipinski definition) is 1. The molecular formula is C14H8ClF3N8. The lowest BCUT2D eigenvalue weighted by Gasteiger charge is -2.02. The molecule has 0 unspecified atom stereocenters. The first-order valence-electron chi connectivity index (χ1n) is 7.19. The summed E-state index contributed by atoms with van der Waals surface area (Å²) in [6.45, 7) is 0.255. The third-order valence-electron chi connectivity index (χ3n) is 3.47. The van der Waals surface area contributed by atoms with Crippen LogP contribution in [0.15, 0.2) is 30.9 Å². The lowest BCUT2D eigenvalue weighted by atomic mass is 10.2. The van der Waals surface area contributed by atoms with E-state index in [0.29, 0.717) is 11.0 Å². The predicted molar refractivity (Wildman–Crippen MR) is 84.1 cm³/mol. The van der Waals surface area contributed by atoms with Crippen LogP contribution in [0.1, 0.15) is 11.4 Å². The van der Waals surface area contributed by atoms with Gasteiger partial charge in [-0.15, -0.1) is 5.10 Å². The summed E-state index contributed by atoms with van der Waals surface area (Å²) in [7, 11) is 0. The smallest absolute Gasteiger partial charge is 0.257 e. The topological polar surface area (TPSA) is 98.1 Å². The fraction of sp³-hybridized carbons (Fsp3) is 0.143. The maximum Gasteiger partial charge on any atom is 0.453 e. The molecule has 0 aliphatic heterocycles. The number of H-pyrrole nitrogens is 1. The number of halogens is 4. The highest BCUT2D eigenvalue weighted by molar-refractivity contribution is 6.29. The van der Waals surface area contributed by atoms with Crippen LogP contribution in [0.3, 0.4) is 0 Å². The zero-order valence-electron chi connectivity index (χ0n) is 12.7. The van der Waals surface area contributed by atoms with E-state index in [2.05, 4.69) is 35.2 Å². The van der Waals surface area contributed by atoms with Crippen molar-refractivity contribution in [2.24, 2.45) is 0 Å². The van der Waals surface area contributed by atoms with Gasteiger partial charge in [-0.25, -0.2) is 24.6 Å². The van der Waals surface area contributed by atoms with Crippen LogP contribution in [-0.4, -0.2) is 39.9 Å². The van der Waals surface area contributed by atoms with E-state index in [4.69, 9.17) is 11.6 Å². The highest BCUT2D eigenvalue weighted by atomic mass is 35.5.